The van der Waals surface area contributed by atoms with Gasteiger partial charge < -0.3 is 10.6 Å². The van der Waals surface area contributed by atoms with Crippen LogP contribution < -0.4 is 10.6 Å². The number of aryl methyl sites for hydroxylation is 3. The Morgan fingerprint density at radius 3 is 2.16 bits per heavy atom. The molecule has 1 unspecified atom stereocenters. The Bertz CT molecular complexity index is 1080. The number of hydrogen-bond donors (Lipinski definition) is 2. The van der Waals surface area contributed by atoms with E-state index in [0.29, 0.717) is 0 Å². The van der Waals surface area contributed by atoms with Crippen molar-refractivity contribution < 1.29 is 9.59 Å². The second kappa shape index (κ2) is 9.75. The summed E-state index contributed by atoms with van der Waals surface area (Å²) in [7, 11) is 1.77. The van der Waals surface area contributed by atoms with Crippen LogP contribution in [-0.2, 0) is 9.59 Å². The summed E-state index contributed by atoms with van der Waals surface area (Å²) >= 11 is 0. The van der Waals surface area contributed by atoms with Crippen molar-refractivity contribution in [2.75, 3.05) is 25.5 Å². The van der Waals surface area contributed by atoms with E-state index in [-0.39, 0.29) is 30.9 Å². The minimum Gasteiger partial charge on any atom is -0.348 e. The lowest BCUT2D eigenvalue weighted by Gasteiger charge is -2.20. The lowest BCUT2D eigenvalue weighted by molar-refractivity contribution is -0.123. The second-order valence-corrected chi connectivity index (χ2v) is 8.39. The number of carbonyl (C=O) groups is 2. The Kier molecular flexibility index (Phi) is 7.08. The van der Waals surface area contributed by atoms with Crippen LogP contribution in [0.3, 0.4) is 0 Å². The smallest absolute Gasteiger partial charge is 0.238 e. The van der Waals surface area contributed by atoms with Crippen LogP contribution in [0.25, 0.3) is 10.8 Å². The average molecular weight is 418 g/mol. The SMILES string of the molecule is Cc1cc(C)c(NC(=O)CN(C)CC(=O)NC(C)c2ccc3ccccc3c2)c(C)c1. The normalized spacial score (nSPS) is 12.1. The predicted molar refractivity (Wildman–Crippen MR) is 127 cm³/mol. The van der Waals surface area contributed by atoms with Crippen molar-refractivity contribution in [1.29, 1.82) is 0 Å². The van der Waals surface area contributed by atoms with Crippen LogP contribution in [0.4, 0.5) is 5.69 Å². The minimum atomic E-state index is -0.132. The topological polar surface area (TPSA) is 61.4 Å². The van der Waals surface area contributed by atoms with Crippen molar-refractivity contribution in [3.05, 3.63) is 76.9 Å². The molecule has 0 heterocycles. The molecule has 0 spiro atoms. The zero-order valence-corrected chi connectivity index (χ0v) is 19.0. The first-order chi connectivity index (χ1) is 14.7. The molecule has 3 aromatic rings. The van der Waals surface area contributed by atoms with Gasteiger partial charge in [0.15, 0.2) is 0 Å². The molecule has 0 aliphatic heterocycles. The number of amides is 2. The van der Waals surface area contributed by atoms with Crippen LogP contribution in [0.2, 0.25) is 0 Å². The van der Waals surface area contributed by atoms with E-state index in [9.17, 15) is 9.59 Å². The van der Waals surface area contributed by atoms with Gasteiger partial charge in [-0.3, -0.25) is 14.5 Å². The highest BCUT2D eigenvalue weighted by molar-refractivity contribution is 5.94. The maximum absolute atomic E-state index is 12.5. The fourth-order valence-electron chi connectivity index (χ4n) is 3.95. The fourth-order valence-corrected chi connectivity index (χ4v) is 3.95. The molecule has 0 bridgehead atoms. The summed E-state index contributed by atoms with van der Waals surface area (Å²) in [6, 6.07) is 18.4. The number of nitrogens with one attached hydrogen (secondary N) is 2. The van der Waals surface area contributed by atoms with Crippen molar-refractivity contribution in [3.8, 4) is 0 Å². The first-order valence-electron chi connectivity index (χ1n) is 10.6. The Morgan fingerprint density at radius 2 is 1.48 bits per heavy atom. The summed E-state index contributed by atoms with van der Waals surface area (Å²) in [6.07, 6.45) is 0. The molecular formula is C26H31N3O2. The third-order valence-electron chi connectivity index (χ3n) is 5.42. The van der Waals surface area contributed by atoms with Gasteiger partial charge in [-0.05, 0) is 68.3 Å². The van der Waals surface area contributed by atoms with E-state index in [1.54, 1.807) is 11.9 Å². The molecule has 0 radical (unpaired) electrons. The maximum atomic E-state index is 12.5. The van der Waals surface area contributed by atoms with E-state index in [4.69, 9.17) is 0 Å². The molecule has 5 nitrogen and oxygen atoms in total. The van der Waals surface area contributed by atoms with E-state index in [0.717, 1.165) is 27.8 Å². The summed E-state index contributed by atoms with van der Waals surface area (Å²) in [5, 5.41) is 8.33. The van der Waals surface area contributed by atoms with Gasteiger partial charge in [-0.25, -0.2) is 0 Å². The second-order valence-electron chi connectivity index (χ2n) is 8.39. The summed E-state index contributed by atoms with van der Waals surface area (Å²) in [4.78, 5) is 26.7. The molecule has 0 aliphatic carbocycles. The highest BCUT2D eigenvalue weighted by atomic mass is 16.2. The van der Waals surface area contributed by atoms with Gasteiger partial charge in [0.25, 0.3) is 0 Å². The highest BCUT2D eigenvalue weighted by Gasteiger charge is 2.15. The van der Waals surface area contributed by atoms with Gasteiger partial charge in [0.2, 0.25) is 11.8 Å². The van der Waals surface area contributed by atoms with Gasteiger partial charge in [-0.2, -0.15) is 0 Å². The van der Waals surface area contributed by atoms with Crippen molar-refractivity contribution in [1.82, 2.24) is 10.2 Å². The van der Waals surface area contributed by atoms with Crippen molar-refractivity contribution >= 4 is 28.3 Å². The zero-order chi connectivity index (χ0) is 22.5. The molecule has 0 saturated heterocycles. The van der Waals surface area contributed by atoms with Gasteiger partial charge in [0.1, 0.15) is 0 Å². The number of carbonyl (C=O) groups excluding carboxylic acids is 2. The molecule has 2 amide bonds. The van der Waals surface area contributed by atoms with Crippen LogP contribution in [0, 0.1) is 20.8 Å². The molecule has 5 heteroatoms. The van der Waals surface area contributed by atoms with Gasteiger partial charge in [0, 0.05) is 5.69 Å². The summed E-state index contributed by atoms with van der Waals surface area (Å²) in [5.74, 6) is -0.244. The number of benzene rings is 3. The average Bonchev–Trinajstić information content (AvgIpc) is 2.70. The zero-order valence-electron chi connectivity index (χ0n) is 19.0. The molecule has 0 aliphatic rings. The van der Waals surface area contributed by atoms with Gasteiger partial charge in [0.05, 0.1) is 19.1 Å². The third-order valence-corrected chi connectivity index (χ3v) is 5.42. The van der Waals surface area contributed by atoms with Gasteiger partial charge in [-0.1, -0.05) is 54.1 Å². The molecule has 0 fully saturated rings. The first kappa shape index (κ1) is 22.5. The predicted octanol–water partition coefficient (Wildman–Crippen LogP) is 4.51. The van der Waals surface area contributed by atoms with Crippen LogP contribution in [-0.4, -0.2) is 36.9 Å². The van der Waals surface area contributed by atoms with E-state index in [1.807, 2.05) is 58.0 Å². The number of fused-ring (bicyclic) bond motifs is 1. The van der Waals surface area contributed by atoms with E-state index in [1.165, 1.54) is 10.9 Å². The van der Waals surface area contributed by atoms with E-state index in [2.05, 4.69) is 34.9 Å². The van der Waals surface area contributed by atoms with Crippen LogP contribution in [0.1, 0.15) is 35.2 Å². The first-order valence-corrected chi connectivity index (χ1v) is 10.6. The Morgan fingerprint density at radius 1 is 0.871 bits per heavy atom. The van der Waals surface area contributed by atoms with Crippen molar-refractivity contribution in [3.63, 3.8) is 0 Å². The molecule has 3 aromatic carbocycles. The molecule has 0 aromatic heterocycles. The Hall–Kier alpha value is -3.18. The highest BCUT2D eigenvalue weighted by Crippen LogP contribution is 2.22. The number of nitrogens with zero attached hydrogens (tertiary/aromatic N) is 1. The lowest BCUT2D eigenvalue weighted by atomic mass is 10.0. The molecule has 1 atom stereocenters. The van der Waals surface area contributed by atoms with E-state index < -0.39 is 0 Å². The number of hydrogen-bond acceptors (Lipinski definition) is 3. The summed E-state index contributed by atoms with van der Waals surface area (Å²) in [6.45, 7) is 8.28. The number of anilines is 1. The van der Waals surface area contributed by atoms with Crippen LogP contribution in [0.5, 0.6) is 0 Å². The Balaban J connectivity index is 1.53. The maximum Gasteiger partial charge on any atom is 0.238 e. The molecule has 162 valence electrons. The van der Waals surface area contributed by atoms with Crippen molar-refractivity contribution in [2.24, 2.45) is 0 Å². The van der Waals surface area contributed by atoms with Crippen LogP contribution in [0.15, 0.2) is 54.6 Å². The fraction of sp³-hybridized carbons (Fsp3) is 0.308. The molecule has 31 heavy (non-hydrogen) atoms. The summed E-state index contributed by atoms with van der Waals surface area (Å²) in [5.41, 5.74) is 5.14. The Labute approximate surface area is 184 Å². The van der Waals surface area contributed by atoms with Gasteiger partial charge in [-0.15, -0.1) is 0 Å². The third kappa shape index (κ3) is 5.92. The number of rotatable bonds is 7. The molecule has 2 N–H and O–H groups in total. The quantitative estimate of drug-likeness (QED) is 0.594. The lowest BCUT2D eigenvalue weighted by Crippen LogP contribution is -2.39. The standard InChI is InChI=1S/C26H31N3O2/c1-17-12-18(2)26(19(3)13-17)28-25(31)16-29(5)15-24(30)27-20(4)22-11-10-21-8-6-7-9-23(21)14-22/h6-14,20H,15-16H2,1-5H3,(H,27,30)(H,28,31). The van der Waals surface area contributed by atoms with Crippen LogP contribution >= 0.6 is 0 Å². The largest absolute Gasteiger partial charge is 0.348 e. The molecule has 0 saturated carbocycles. The number of likely N-dealkylation sites (N-methyl/N-ethyl adjacent to an activating group) is 1. The summed E-state index contributed by atoms with van der Waals surface area (Å²) < 4.78 is 0. The molecule has 3 rings (SSSR count). The van der Waals surface area contributed by atoms with Gasteiger partial charge >= 0.3 is 0 Å². The molecular weight excluding hydrogens is 386 g/mol. The van der Waals surface area contributed by atoms with Crippen molar-refractivity contribution in [2.45, 2.75) is 33.7 Å². The van der Waals surface area contributed by atoms with E-state index >= 15 is 0 Å². The minimum absolute atomic E-state index is 0.112. The monoisotopic (exact) mass is 417 g/mol.